The first-order valence-corrected chi connectivity index (χ1v) is 14.5. The van der Waals surface area contributed by atoms with Crippen LogP contribution in [0.1, 0.15) is 115 Å². The fraction of sp³-hybridized carbons (Fsp3) is 0.800. The Morgan fingerprint density at radius 1 is 0.857 bits per heavy atom. The summed E-state index contributed by atoms with van der Waals surface area (Å²) in [5.74, 6) is 0.436. The second-order valence-corrected chi connectivity index (χ2v) is 11.4. The van der Waals surface area contributed by atoms with Gasteiger partial charge in [0.1, 0.15) is 0 Å². The molecule has 198 valence electrons. The van der Waals surface area contributed by atoms with E-state index in [9.17, 15) is 13.9 Å². The Labute approximate surface area is 211 Å². The summed E-state index contributed by atoms with van der Waals surface area (Å²) in [7, 11) is 0. The minimum atomic E-state index is -0.872. The number of benzene rings is 1. The van der Waals surface area contributed by atoms with Gasteiger partial charge < -0.3 is 14.6 Å². The van der Waals surface area contributed by atoms with Gasteiger partial charge in [-0.3, -0.25) is 0 Å². The van der Waals surface area contributed by atoms with Crippen molar-refractivity contribution in [2.24, 2.45) is 23.7 Å². The van der Waals surface area contributed by atoms with Crippen LogP contribution in [0, 0.1) is 35.3 Å². The fourth-order valence-corrected chi connectivity index (χ4v) is 7.18. The molecule has 1 N–H and O–H groups in total. The van der Waals surface area contributed by atoms with Crippen LogP contribution in [0.5, 0.6) is 5.75 Å². The molecule has 0 aromatic heterocycles. The third-order valence-corrected chi connectivity index (χ3v) is 9.29. The van der Waals surface area contributed by atoms with Crippen molar-refractivity contribution in [1.29, 1.82) is 0 Å². The van der Waals surface area contributed by atoms with Crippen molar-refractivity contribution in [2.75, 3.05) is 6.61 Å². The van der Waals surface area contributed by atoms with Crippen molar-refractivity contribution in [2.45, 2.75) is 122 Å². The van der Waals surface area contributed by atoms with Gasteiger partial charge in [0, 0.05) is 5.92 Å². The fourth-order valence-electron chi connectivity index (χ4n) is 7.18. The minimum Gasteiger partial charge on any atom is -0.491 e. The zero-order chi connectivity index (χ0) is 24.8. The van der Waals surface area contributed by atoms with E-state index in [-0.39, 0.29) is 23.7 Å². The third-order valence-electron chi connectivity index (χ3n) is 9.29. The van der Waals surface area contributed by atoms with Crippen LogP contribution in [0.25, 0.3) is 0 Å². The van der Waals surface area contributed by atoms with Gasteiger partial charge in [0.05, 0.1) is 12.7 Å². The highest BCUT2D eigenvalue weighted by atomic mass is 19.2. The molecule has 3 fully saturated rings. The molecule has 0 radical (unpaired) electrons. The van der Waals surface area contributed by atoms with Crippen LogP contribution in [0.2, 0.25) is 0 Å². The molecule has 35 heavy (non-hydrogen) atoms. The molecule has 0 spiro atoms. The lowest BCUT2D eigenvalue weighted by molar-refractivity contribution is -0.221. The van der Waals surface area contributed by atoms with Crippen molar-refractivity contribution in [3.63, 3.8) is 0 Å². The number of aliphatic hydroxyl groups excluding tert-OH is 1. The van der Waals surface area contributed by atoms with E-state index in [4.69, 9.17) is 9.47 Å². The normalized spacial score (nSPS) is 34.0. The second-order valence-electron chi connectivity index (χ2n) is 11.4. The van der Waals surface area contributed by atoms with Crippen molar-refractivity contribution in [1.82, 2.24) is 0 Å². The molecule has 1 saturated heterocycles. The van der Waals surface area contributed by atoms with E-state index in [2.05, 4.69) is 6.92 Å². The summed E-state index contributed by atoms with van der Waals surface area (Å²) in [5, 5.41) is 10.9. The van der Waals surface area contributed by atoms with Gasteiger partial charge in [-0.25, -0.2) is 4.39 Å². The highest BCUT2D eigenvalue weighted by Crippen LogP contribution is 2.46. The Morgan fingerprint density at radius 2 is 1.57 bits per heavy atom. The molecule has 3 nitrogen and oxygen atoms in total. The third kappa shape index (κ3) is 6.57. The number of halogens is 2. The summed E-state index contributed by atoms with van der Waals surface area (Å²) in [6.07, 6.45) is 15.6. The van der Waals surface area contributed by atoms with Crippen LogP contribution in [0.3, 0.4) is 0 Å². The molecule has 1 heterocycles. The molecule has 3 unspecified atom stereocenters. The maximum absolute atomic E-state index is 14.7. The number of ether oxygens (including phenoxy) is 2. The number of aliphatic hydroxyl groups is 1. The standard InChI is InChI=1S/C30H46F2O3/c1-3-5-6-7-20-8-10-23(11-9-20)26-18-17-25(30(33)35-26)22-14-12-21(13-15-22)24-16-19-27(34-4-2)29(32)28(24)31/h16,19-23,25-26,30,33H,3-15,17-18H2,1-2H3. The molecule has 1 aromatic rings. The average molecular weight is 493 g/mol. The molecule has 2 aliphatic carbocycles. The van der Waals surface area contributed by atoms with Gasteiger partial charge in [-0.2, -0.15) is 4.39 Å². The van der Waals surface area contributed by atoms with E-state index in [0.717, 1.165) is 44.4 Å². The number of unbranched alkanes of at least 4 members (excludes halogenated alkanes) is 2. The smallest absolute Gasteiger partial charge is 0.200 e. The zero-order valence-electron chi connectivity index (χ0n) is 21.8. The Morgan fingerprint density at radius 3 is 2.23 bits per heavy atom. The largest absolute Gasteiger partial charge is 0.491 e. The molecule has 0 bridgehead atoms. The van der Waals surface area contributed by atoms with E-state index < -0.39 is 17.9 Å². The quantitative estimate of drug-likeness (QED) is 0.354. The molecule has 0 amide bonds. The molecular formula is C30H46F2O3. The Balaban J connectivity index is 1.23. The molecule has 4 rings (SSSR count). The van der Waals surface area contributed by atoms with Crippen LogP contribution in [0.15, 0.2) is 12.1 Å². The number of rotatable bonds is 9. The molecule has 3 atom stereocenters. The Kier molecular flexibility index (Phi) is 9.86. The van der Waals surface area contributed by atoms with Gasteiger partial charge >= 0.3 is 0 Å². The van der Waals surface area contributed by atoms with E-state index in [1.54, 1.807) is 19.1 Å². The van der Waals surface area contributed by atoms with Gasteiger partial charge in [0.15, 0.2) is 17.9 Å². The van der Waals surface area contributed by atoms with Crippen LogP contribution in [-0.2, 0) is 4.74 Å². The Hall–Kier alpha value is -1.20. The van der Waals surface area contributed by atoms with E-state index in [1.165, 1.54) is 51.4 Å². The lowest BCUT2D eigenvalue weighted by atomic mass is 9.70. The van der Waals surface area contributed by atoms with Gasteiger partial charge in [0.25, 0.3) is 0 Å². The molecule has 1 aromatic carbocycles. The van der Waals surface area contributed by atoms with E-state index in [0.29, 0.717) is 24.0 Å². The van der Waals surface area contributed by atoms with Gasteiger partial charge in [-0.15, -0.1) is 0 Å². The summed E-state index contributed by atoms with van der Waals surface area (Å²) in [5.41, 5.74) is 0.468. The molecular weight excluding hydrogens is 446 g/mol. The van der Waals surface area contributed by atoms with E-state index in [1.807, 2.05) is 0 Å². The first kappa shape index (κ1) is 26.9. The summed E-state index contributed by atoms with van der Waals surface area (Å²) in [4.78, 5) is 0. The van der Waals surface area contributed by atoms with E-state index >= 15 is 0 Å². The maximum atomic E-state index is 14.7. The highest BCUT2D eigenvalue weighted by molar-refractivity contribution is 5.33. The van der Waals surface area contributed by atoms with Gasteiger partial charge in [0.2, 0.25) is 5.82 Å². The summed E-state index contributed by atoms with van der Waals surface area (Å²) in [6.45, 7) is 4.34. The van der Waals surface area contributed by atoms with Crippen molar-refractivity contribution in [3.8, 4) is 5.75 Å². The lowest BCUT2D eigenvalue weighted by Crippen LogP contribution is -2.43. The number of hydrogen-bond acceptors (Lipinski definition) is 3. The minimum absolute atomic E-state index is 0.00977. The van der Waals surface area contributed by atoms with Gasteiger partial charge in [-0.05, 0) is 93.6 Å². The maximum Gasteiger partial charge on any atom is 0.200 e. The summed E-state index contributed by atoms with van der Waals surface area (Å²) in [6, 6.07) is 3.25. The van der Waals surface area contributed by atoms with Crippen LogP contribution < -0.4 is 4.74 Å². The van der Waals surface area contributed by atoms with Gasteiger partial charge in [-0.1, -0.05) is 51.5 Å². The zero-order valence-corrected chi connectivity index (χ0v) is 21.8. The van der Waals surface area contributed by atoms with Crippen molar-refractivity contribution >= 4 is 0 Å². The molecule has 1 aliphatic heterocycles. The molecule has 5 heteroatoms. The highest BCUT2D eigenvalue weighted by Gasteiger charge is 2.40. The predicted octanol–water partition coefficient (Wildman–Crippen LogP) is 8.14. The van der Waals surface area contributed by atoms with Crippen LogP contribution in [-0.4, -0.2) is 24.1 Å². The molecule has 3 aliphatic rings. The topological polar surface area (TPSA) is 38.7 Å². The Bertz CT molecular complexity index is 784. The first-order valence-electron chi connectivity index (χ1n) is 14.5. The summed E-state index contributed by atoms with van der Waals surface area (Å²) < 4.78 is 40.5. The molecule has 2 saturated carbocycles. The average Bonchev–Trinajstić information content (AvgIpc) is 2.88. The van der Waals surface area contributed by atoms with Crippen molar-refractivity contribution in [3.05, 3.63) is 29.3 Å². The summed E-state index contributed by atoms with van der Waals surface area (Å²) >= 11 is 0. The lowest BCUT2D eigenvalue weighted by Gasteiger charge is -2.43. The van der Waals surface area contributed by atoms with Crippen LogP contribution >= 0.6 is 0 Å². The second kappa shape index (κ2) is 12.9. The van der Waals surface area contributed by atoms with Crippen molar-refractivity contribution < 1.29 is 23.4 Å². The SMILES string of the molecule is CCCCCC1CCC(C2CCC(C3CCC(c4ccc(OCC)c(F)c4F)CC3)C(O)O2)CC1. The monoisotopic (exact) mass is 492 g/mol. The first-order chi connectivity index (χ1) is 17.0. The van der Waals surface area contributed by atoms with Crippen LogP contribution in [0.4, 0.5) is 8.78 Å². The predicted molar refractivity (Wildman–Crippen MR) is 135 cm³/mol. The number of hydrogen-bond donors (Lipinski definition) is 1.